The molecule has 0 saturated carbocycles. The number of furan rings is 1. The van der Waals surface area contributed by atoms with Gasteiger partial charge in [0.15, 0.2) is 5.76 Å². The van der Waals surface area contributed by atoms with Gasteiger partial charge in [-0.3, -0.25) is 9.59 Å². The van der Waals surface area contributed by atoms with Crippen molar-refractivity contribution in [3.63, 3.8) is 0 Å². The monoisotopic (exact) mass is 462 g/mol. The topological polar surface area (TPSA) is 80.6 Å². The molecule has 1 heterocycles. The van der Waals surface area contributed by atoms with Gasteiger partial charge in [-0.15, -0.1) is 0 Å². The number of ether oxygens (including phenoxy) is 1. The largest absolute Gasteiger partial charge is 0.497 e. The van der Waals surface area contributed by atoms with Crippen LogP contribution in [-0.4, -0.2) is 18.9 Å². The summed E-state index contributed by atoms with van der Waals surface area (Å²) in [5.41, 5.74) is 1.37. The van der Waals surface area contributed by atoms with E-state index in [2.05, 4.69) is 33.2 Å². The van der Waals surface area contributed by atoms with E-state index in [0.29, 0.717) is 22.7 Å². The third-order valence-corrected chi connectivity index (χ3v) is 4.29. The van der Waals surface area contributed by atoms with Gasteiger partial charge >= 0.3 is 0 Å². The highest BCUT2D eigenvalue weighted by atomic mass is 127. The zero-order valence-corrected chi connectivity index (χ0v) is 15.9. The third-order valence-electron chi connectivity index (χ3n) is 3.57. The standard InChI is InChI=1S/C19H15IN2O4/c1-25-14-8-9-15(21-19(24)17-3-2-10-26-17)16(11-14)22-18(23)12-4-6-13(20)7-5-12/h2-11H,1H3,(H,21,24)(H,22,23). The molecule has 0 spiro atoms. The Kier molecular flexibility index (Phi) is 5.57. The molecule has 0 saturated heterocycles. The summed E-state index contributed by atoms with van der Waals surface area (Å²) in [5.74, 6) is 0.0303. The number of amides is 2. The first-order valence-electron chi connectivity index (χ1n) is 7.66. The molecule has 3 aromatic rings. The third kappa shape index (κ3) is 4.23. The SMILES string of the molecule is COc1ccc(NC(=O)c2ccco2)c(NC(=O)c2ccc(I)cc2)c1. The van der Waals surface area contributed by atoms with Gasteiger partial charge in [-0.2, -0.15) is 0 Å². The van der Waals surface area contributed by atoms with E-state index in [1.807, 2.05) is 12.1 Å². The molecule has 2 N–H and O–H groups in total. The number of benzene rings is 2. The van der Waals surface area contributed by atoms with Crippen molar-refractivity contribution >= 4 is 45.8 Å². The maximum Gasteiger partial charge on any atom is 0.291 e. The van der Waals surface area contributed by atoms with Gasteiger partial charge in [0, 0.05) is 15.2 Å². The smallest absolute Gasteiger partial charge is 0.291 e. The molecule has 0 radical (unpaired) electrons. The predicted octanol–water partition coefficient (Wildman–Crippen LogP) is 4.40. The van der Waals surface area contributed by atoms with E-state index in [9.17, 15) is 9.59 Å². The van der Waals surface area contributed by atoms with E-state index in [-0.39, 0.29) is 11.7 Å². The number of methoxy groups -OCH3 is 1. The number of nitrogens with one attached hydrogen (secondary N) is 2. The number of hydrogen-bond donors (Lipinski definition) is 2. The van der Waals surface area contributed by atoms with Gasteiger partial charge in [0.05, 0.1) is 24.7 Å². The molecule has 0 fully saturated rings. The number of hydrogen-bond acceptors (Lipinski definition) is 4. The highest BCUT2D eigenvalue weighted by molar-refractivity contribution is 14.1. The van der Waals surface area contributed by atoms with Crippen LogP contribution in [0, 0.1) is 3.57 Å². The van der Waals surface area contributed by atoms with Crippen LogP contribution in [0.2, 0.25) is 0 Å². The van der Waals surface area contributed by atoms with Crippen molar-refractivity contribution in [1.82, 2.24) is 0 Å². The molecular weight excluding hydrogens is 447 g/mol. The van der Waals surface area contributed by atoms with Gasteiger partial charge in [-0.25, -0.2) is 0 Å². The number of rotatable bonds is 5. The Labute approximate surface area is 163 Å². The number of halogens is 1. The van der Waals surface area contributed by atoms with E-state index >= 15 is 0 Å². The van der Waals surface area contributed by atoms with Crippen LogP contribution in [0.1, 0.15) is 20.9 Å². The maximum absolute atomic E-state index is 12.5. The van der Waals surface area contributed by atoms with Gasteiger partial charge in [-0.1, -0.05) is 0 Å². The van der Waals surface area contributed by atoms with Crippen molar-refractivity contribution in [1.29, 1.82) is 0 Å². The maximum atomic E-state index is 12.5. The quantitative estimate of drug-likeness (QED) is 0.551. The fourth-order valence-corrected chi connectivity index (χ4v) is 2.61. The van der Waals surface area contributed by atoms with E-state index < -0.39 is 5.91 Å². The average molecular weight is 462 g/mol. The molecule has 6 nitrogen and oxygen atoms in total. The summed E-state index contributed by atoms with van der Waals surface area (Å²) in [5, 5.41) is 5.53. The van der Waals surface area contributed by atoms with Crippen LogP contribution in [-0.2, 0) is 0 Å². The van der Waals surface area contributed by atoms with E-state index in [4.69, 9.17) is 9.15 Å². The van der Waals surface area contributed by atoms with Crippen molar-refractivity contribution in [3.8, 4) is 5.75 Å². The minimum absolute atomic E-state index is 0.177. The van der Waals surface area contributed by atoms with Crippen molar-refractivity contribution in [2.45, 2.75) is 0 Å². The highest BCUT2D eigenvalue weighted by Crippen LogP contribution is 2.28. The zero-order chi connectivity index (χ0) is 18.5. The first-order valence-corrected chi connectivity index (χ1v) is 8.74. The van der Waals surface area contributed by atoms with Crippen LogP contribution >= 0.6 is 22.6 Å². The molecule has 0 aliphatic rings. The van der Waals surface area contributed by atoms with E-state index in [1.54, 1.807) is 42.5 Å². The summed E-state index contributed by atoms with van der Waals surface area (Å²) in [6.07, 6.45) is 1.42. The first-order chi connectivity index (χ1) is 12.6. The van der Waals surface area contributed by atoms with Crippen molar-refractivity contribution < 1.29 is 18.7 Å². The van der Waals surface area contributed by atoms with Gasteiger partial charge in [0.2, 0.25) is 0 Å². The normalized spacial score (nSPS) is 10.2. The number of carbonyl (C=O) groups excluding carboxylic acids is 2. The van der Waals surface area contributed by atoms with Crippen LogP contribution in [0.15, 0.2) is 65.3 Å². The minimum atomic E-state index is -0.412. The van der Waals surface area contributed by atoms with Crippen molar-refractivity contribution in [2.24, 2.45) is 0 Å². The molecule has 0 aliphatic heterocycles. The van der Waals surface area contributed by atoms with Crippen LogP contribution in [0.5, 0.6) is 5.75 Å². The molecule has 0 aliphatic carbocycles. The van der Waals surface area contributed by atoms with E-state index in [0.717, 1.165) is 3.57 Å². The summed E-state index contributed by atoms with van der Waals surface area (Å²) >= 11 is 2.17. The lowest BCUT2D eigenvalue weighted by molar-refractivity contribution is 0.0993. The summed E-state index contributed by atoms with van der Waals surface area (Å²) in [6.45, 7) is 0. The lowest BCUT2D eigenvalue weighted by Gasteiger charge is -2.13. The Morgan fingerprint density at radius 2 is 1.69 bits per heavy atom. The molecule has 1 aromatic heterocycles. The summed E-state index contributed by atoms with van der Waals surface area (Å²) in [7, 11) is 1.53. The van der Waals surface area contributed by atoms with Crippen LogP contribution in [0.4, 0.5) is 11.4 Å². The zero-order valence-electron chi connectivity index (χ0n) is 13.8. The second-order valence-electron chi connectivity index (χ2n) is 5.30. The van der Waals surface area contributed by atoms with Gasteiger partial charge in [0.1, 0.15) is 5.75 Å². The lowest BCUT2D eigenvalue weighted by Crippen LogP contribution is -2.16. The van der Waals surface area contributed by atoms with Crippen molar-refractivity contribution in [2.75, 3.05) is 17.7 Å². The number of carbonyl (C=O) groups is 2. The Morgan fingerprint density at radius 1 is 0.962 bits per heavy atom. The van der Waals surface area contributed by atoms with Crippen LogP contribution < -0.4 is 15.4 Å². The van der Waals surface area contributed by atoms with Gasteiger partial charge in [0.25, 0.3) is 11.8 Å². The Morgan fingerprint density at radius 3 is 2.35 bits per heavy atom. The molecule has 2 aromatic carbocycles. The average Bonchev–Trinajstić information content (AvgIpc) is 3.18. The molecule has 2 amide bonds. The predicted molar refractivity (Wildman–Crippen MR) is 107 cm³/mol. The summed E-state index contributed by atoms with van der Waals surface area (Å²) in [4.78, 5) is 24.7. The summed E-state index contributed by atoms with van der Waals surface area (Å²) in [6, 6.07) is 15.3. The molecule has 132 valence electrons. The van der Waals surface area contributed by atoms with Gasteiger partial charge in [-0.05, 0) is 71.1 Å². The Bertz CT molecular complexity index is 921. The van der Waals surface area contributed by atoms with Gasteiger partial charge < -0.3 is 19.8 Å². The summed E-state index contributed by atoms with van der Waals surface area (Å²) < 4.78 is 11.3. The Balaban J connectivity index is 1.85. The fraction of sp³-hybridized carbons (Fsp3) is 0.0526. The first kappa shape index (κ1) is 18.0. The highest BCUT2D eigenvalue weighted by Gasteiger charge is 2.15. The number of anilines is 2. The molecule has 3 rings (SSSR count). The second-order valence-corrected chi connectivity index (χ2v) is 6.55. The van der Waals surface area contributed by atoms with Crippen LogP contribution in [0.3, 0.4) is 0 Å². The lowest BCUT2D eigenvalue weighted by atomic mass is 10.2. The molecular formula is C19H15IN2O4. The molecule has 0 bridgehead atoms. The molecule has 7 heteroatoms. The molecule has 0 atom stereocenters. The minimum Gasteiger partial charge on any atom is -0.497 e. The molecule has 0 unspecified atom stereocenters. The van der Waals surface area contributed by atoms with E-state index in [1.165, 1.54) is 13.4 Å². The Hall–Kier alpha value is -2.81. The second kappa shape index (κ2) is 8.05. The van der Waals surface area contributed by atoms with Crippen molar-refractivity contribution in [3.05, 3.63) is 75.8 Å². The fourth-order valence-electron chi connectivity index (χ4n) is 2.25. The van der Waals surface area contributed by atoms with Crippen LogP contribution in [0.25, 0.3) is 0 Å². The molecule has 26 heavy (non-hydrogen) atoms.